The van der Waals surface area contributed by atoms with Gasteiger partial charge in [-0.3, -0.25) is 4.79 Å². The van der Waals surface area contributed by atoms with E-state index in [2.05, 4.69) is 20.4 Å². The topological polar surface area (TPSA) is 70.6 Å². The van der Waals surface area contributed by atoms with Gasteiger partial charge in [-0.2, -0.15) is 13.2 Å². The van der Waals surface area contributed by atoms with E-state index in [0.29, 0.717) is 35.4 Å². The summed E-state index contributed by atoms with van der Waals surface area (Å²) in [5, 5.41) is 11.3. The lowest BCUT2D eigenvalue weighted by Gasteiger charge is -2.28. The number of anilines is 1. The molecular weight excluding hydrogens is 483 g/mol. The molecule has 0 bridgehead atoms. The number of alkyl halides is 3. The minimum Gasteiger partial charge on any atom is -0.381 e. The summed E-state index contributed by atoms with van der Waals surface area (Å²) in [6.07, 6.45) is -0.629. The van der Waals surface area contributed by atoms with Gasteiger partial charge in [0, 0.05) is 63.6 Å². The lowest BCUT2D eigenvalue weighted by atomic mass is 10.00. The van der Waals surface area contributed by atoms with Crippen LogP contribution in [-0.4, -0.2) is 71.8 Å². The third kappa shape index (κ3) is 4.93. The fraction of sp³-hybridized carbons (Fsp3) is 0.593. The van der Waals surface area contributed by atoms with Crippen molar-refractivity contribution in [2.24, 2.45) is 17.8 Å². The fourth-order valence-corrected chi connectivity index (χ4v) is 6.63. The number of likely N-dealkylation sites (tertiary alicyclic amines) is 1. The van der Waals surface area contributed by atoms with E-state index in [1.54, 1.807) is 30.1 Å². The molecule has 1 aromatic heterocycles. The minimum atomic E-state index is -4.56. The highest BCUT2D eigenvalue weighted by Crippen LogP contribution is 2.42. The third-order valence-electron chi connectivity index (χ3n) is 8.51. The number of nitrogens with zero attached hydrogens (tertiary/aromatic N) is 4. The van der Waals surface area contributed by atoms with E-state index in [1.807, 2.05) is 0 Å². The molecule has 1 unspecified atom stereocenters. The number of rotatable bonds is 5. The van der Waals surface area contributed by atoms with Gasteiger partial charge in [0.15, 0.2) is 5.82 Å². The van der Waals surface area contributed by atoms with Crippen molar-refractivity contribution in [3.8, 4) is 11.3 Å². The van der Waals surface area contributed by atoms with Crippen LogP contribution < -0.4 is 5.32 Å². The second kappa shape index (κ2) is 9.54. The van der Waals surface area contributed by atoms with Crippen LogP contribution >= 0.6 is 0 Å². The molecule has 0 spiro atoms. The zero-order valence-electron chi connectivity index (χ0n) is 20.9. The van der Waals surface area contributed by atoms with E-state index >= 15 is 0 Å². The Labute approximate surface area is 214 Å². The molecule has 1 amide bonds. The molecule has 37 heavy (non-hydrogen) atoms. The molecule has 0 radical (unpaired) electrons. The summed E-state index contributed by atoms with van der Waals surface area (Å²) in [7, 11) is 1.70. The largest absolute Gasteiger partial charge is 0.420 e. The standard InChI is InChI=1S/C27H32F3N5O2/c1-34-13-20-8-17(2-3-22(20)26(34)36)24-11-23(27(28,29)30)25(33-32-24)31-21-9-18-14-35(15-19(18)10-21)12-16-4-6-37-7-5-16/h2-3,8,11,16,18-19,21H,4-7,9-10,12-15H2,1H3,(H,31,33)/t18-,19+,21?. The van der Waals surface area contributed by atoms with Gasteiger partial charge in [-0.1, -0.05) is 6.07 Å². The monoisotopic (exact) mass is 515 g/mol. The van der Waals surface area contributed by atoms with Gasteiger partial charge in [-0.05, 0) is 67.2 Å². The van der Waals surface area contributed by atoms with Crippen LogP contribution in [0, 0.1) is 17.8 Å². The number of amides is 1. The molecule has 1 aliphatic carbocycles. The Morgan fingerprint density at radius 3 is 2.51 bits per heavy atom. The average molecular weight is 516 g/mol. The van der Waals surface area contributed by atoms with Crippen molar-refractivity contribution in [1.29, 1.82) is 0 Å². The van der Waals surface area contributed by atoms with Crippen LogP contribution in [0.15, 0.2) is 24.3 Å². The molecule has 3 fully saturated rings. The first kappa shape index (κ1) is 24.6. The van der Waals surface area contributed by atoms with E-state index in [-0.39, 0.29) is 23.5 Å². The predicted octanol–water partition coefficient (Wildman–Crippen LogP) is 4.30. The van der Waals surface area contributed by atoms with Gasteiger partial charge in [0.2, 0.25) is 0 Å². The van der Waals surface area contributed by atoms with Crippen molar-refractivity contribution >= 4 is 11.7 Å². The zero-order valence-corrected chi connectivity index (χ0v) is 20.9. The SMILES string of the molecule is CN1Cc2cc(-c3cc(C(F)(F)F)c(NC4C[C@@H]5CN(CC6CCOCC6)C[C@@H]5C4)nn3)ccc2C1=O. The summed E-state index contributed by atoms with van der Waals surface area (Å²) in [4.78, 5) is 16.3. The van der Waals surface area contributed by atoms with Crippen LogP contribution in [0.2, 0.25) is 0 Å². The molecule has 1 N–H and O–H groups in total. The molecular formula is C27H32F3N5O2. The van der Waals surface area contributed by atoms with Crippen molar-refractivity contribution in [1.82, 2.24) is 20.0 Å². The number of aromatic nitrogens is 2. The van der Waals surface area contributed by atoms with Crippen LogP contribution in [0.25, 0.3) is 11.3 Å². The first-order chi connectivity index (χ1) is 17.7. The van der Waals surface area contributed by atoms with E-state index in [1.165, 1.54) is 0 Å². The molecule has 2 saturated heterocycles. The number of carbonyl (C=O) groups is 1. The Morgan fingerprint density at radius 2 is 1.81 bits per heavy atom. The fourth-order valence-electron chi connectivity index (χ4n) is 6.63. The van der Waals surface area contributed by atoms with Gasteiger partial charge in [-0.15, -0.1) is 10.2 Å². The minimum absolute atomic E-state index is 0.0389. The van der Waals surface area contributed by atoms with Gasteiger partial charge in [0.05, 0.1) is 5.69 Å². The lowest BCUT2D eigenvalue weighted by Crippen LogP contribution is -2.32. The number of benzene rings is 1. The van der Waals surface area contributed by atoms with Crippen LogP contribution in [0.3, 0.4) is 0 Å². The van der Waals surface area contributed by atoms with Crippen molar-refractivity contribution in [2.75, 3.05) is 45.2 Å². The summed E-state index contributed by atoms with van der Waals surface area (Å²) >= 11 is 0. The molecule has 2 aromatic rings. The Balaban J connectivity index is 1.14. The second-order valence-corrected chi connectivity index (χ2v) is 11.1. The number of halogens is 3. The van der Waals surface area contributed by atoms with Gasteiger partial charge in [0.1, 0.15) is 5.56 Å². The molecule has 10 heteroatoms. The quantitative estimate of drug-likeness (QED) is 0.641. The normalized spacial score (nSPS) is 26.5. The van der Waals surface area contributed by atoms with E-state index in [9.17, 15) is 18.0 Å². The summed E-state index contributed by atoms with van der Waals surface area (Å²) < 4.78 is 47.7. The lowest BCUT2D eigenvalue weighted by molar-refractivity contribution is -0.137. The molecule has 3 atom stereocenters. The second-order valence-electron chi connectivity index (χ2n) is 11.1. The van der Waals surface area contributed by atoms with Gasteiger partial charge >= 0.3 is 6.18 Å². The number of fused-ring (bicyclic) bond motifs is 2. The molecule has 7 nitrogen and oxygen atoms in total. The molecule has 3 aliphatic heterocycles. The van der Waals surface area contributed by atoms with E-state index < -0.39 is 11.7 Å². The highest BCUT2D eigenvalue weighted by atomic mass is 19.4. The Kier molecular flexibility index (Phi) is 6.35. The van der Waals surface area contributed by atoms with Crippen LogP contribution in [-0.2, 0) is 17.5 Å². The summed E-state index contributed by atoms with van der Waals surface area (Å²) in [6.45, 7) is 5.27. The zero-order chi connectivity index (χ0) is 25.7. The third-order valence-corrected chi connectivity index (χ3v) is 8.51. The maximum atomic E-state index is 14.1. The van der Waals surface area contributed by atoms with Crippen molar-refractivity contribution in [3.05, 3.63) is 41.0 Å². The Hall–Kier alpha value is -2.72. The van der Waals surface area contributed by atoms with E-state index in [4.69, 9.17) is 4.74 Å². The van der Waals surface area contributed by atoms with Crippen LogP contribution in [0.4, 0.5) is 19.0 Å². The maximum absolute atomic E-state index is 14.1. The molecule has 4 heterocycles. The molecule has 4 aliphatic rings. The number of nitrogens with one attached hydrogen (secondary N) is 1. The summed E-state index contributed by atoms with van der Waals surface area (Å²) in [5.41, 5.74) is 1.23. The molecule has 6 rings (SSSR count). The first-order valence-electron chi connectivity index (χ1n) is 13.1. The highest BCUT2D eigenvalue weighted by Gasteiger charge is 2.43. The average Bonchev–Trinajstić information content (AvgIpc) is 3.50. The van der Waals surface area contributed by atoms with Gasteiger partial charge < -0.3 is 19.9 Å². The number of ether oxygens (including phenoxy) is 1. The number of hydrogen-bond acceptors (Lipinski definition) is 6. The Morgan fingerprint density at radius 1 is 1.08 bits per heavy atom. The molecule has 198 valence electrons. The van der Waals surface area contributed by atoms with Crippen molar-refractivity contribution < 1.29 is 22.7 Å². The summed E-state index contributed by atoms with van der Waals surface area (Å²) in [6, 6.07) is 6.06. The van der Waals surface area contributed by atoms with Gasteiger partial charge in [-0.25, -0.2) is 0 Å². The van der Waals surface area contributed by atoms with Crippen molar-refractivity contribution in [3.63, 3.8) is 0 Å². The Bertz CT molecular complexity index is 1170. The van der Waals surface area contributed by atoms with Crippen LogP contribution in [0.5, 0.6) is 0 Å². The molecule has 1 saturated carbocycles. The number of carbonyl (C=O) groups excluding carboxylic acids is 1. The molecule has 1 aromatic carbocycles. The number of hydrogen-bond donors (Lipinski definition) is 1. The van der Waals surface area contributed by atoms with Crippen molar-refractivity contribution in [2.45, 2.75) is 44.4 Å². The first-order valence-corrected chi connectivity index (χ1v) is 13.1. The van der Waals surface area contributed by atoms with E-state index in [0.717, 1.165) is 70.2 Å². The highest BCUT2D eigenvalue weighted by molar-refractivity contribution is 5.98. The van der Waals surface area contributed by atoms with Crippen LogP contribution in [0.1, 0.15) is 47.2 Å². The van der Waals surface area contributed by atoms with Gasteiger partial charge in [0.25, 0.3) is 5.91 Å². The smallest absolute Gasteiger partial charge is 0.381 e. The maximum Gasteiger partial charge on any atom is 0.420 e. The summed E-state index contributed by atoms with van der Waals surface area (Å²) in [5.74, 6) is 1.42. The predicted molar refractivity (Wildman–Crippen MR) is 132 cm³/mol.